The molecule has 2 aliphatic rings. The summed E-state index contributed by atoms with van der Waals surface area (Å²) in [5.74, 6) is -4.33. The molecule has 1 aliphatic carbocycles. The fourth-order valence-electron chi connectivity index (χ4n) is 3.54. The number of aliphatic hydroxyl groups is 2. The topological polar surface area (TPSA) is 136 Å². The minimum absolute atomic E-state index is 0.0829. The molecule has 0 bridgehead atoms. The highest BCUT2D eigenvalue weighted by molar-refractivity contribution is 5.93. The van der Waals surface area contributed by atoms with Crippen LogP contribution in [0.15, 0.2) is 35.5 Å². The first-order valence-corrected chi connectivity index (χ1v) is 9.84. The average Bonchev–Trinajstić information content (AvgIpc) is 2.95. The zero-order valence-electron chi connectivity index (χ0n) is 18.2. The molecule has 0 spiro atoms. The molecule has 6 atom stereocenters. The zero-order chi connectivity index (χ0) is 23.7. The molecule has 0 aromatic heterocycles. The summed E-state index contributed by atoms with van der Waals surface area (Å²) in [5, 5.41) is 21.5. The Balaban J connectivity index is 2.73. The first-order chi connectivity index (χ1) is 14.3. The van der Waals surface area contributed by atoms with E-state index in [-0.39, 0.29) is 11.1 Å². The number of ether oxygens (including phenoxy) is 3. The fourth-order valence-corrected chi connectivity index (χ4v) is 3.54. The number of carbonyl (C=O) groups is 4. The third kappa shape index (κ3) is 4.94. The Hall–Kier alpha value is -2.78. The van der Waals surface area contributed by atoms with Crippen LogP contribution in [-0.2, 0) is 33.4 Å². The Kier molecular flexibility index (Phi) is 7.23. The van der Waals surface area contributed by atoms with E-state index < -0.39 is 66.0 Å². The van der Waals surface area contributed by atoms with Gasteiger partial charge in [0.25, 0.3) is 0 Å². The number of esters is 3. The number of aliphatic hydroxyl groups excluding tert-OH is 1. The van der Waals surface area contributed by atoms with Gasteiger partial charge in [-0.1, -0.05) is 12.7 Å². The lowest BCUT2D eigenvalue weighted by Gasteiger charge is -2.39. The van der Waals surface area contributed by atoms with Crippen LogP contribution < -0.4 is 0 Å². The largest absolute Gasteiger partial charge is 0.455 e. The van der Waals surface area contributed by atoms with Gasteiger partial charge in [0.15, 0.2) is 23.6 Å². The summed E-state index contributed by atoms with van der Waals surface area (Å²) < 4.78 is 16.2. The van der Waals surface area contributed by atoms with E-state index in [9.17, 15) is 29.4 Å². The van der Waals surface area contributed by atoms with Gasteiger partial charge in [-0.25, -0.2) is 9.59 Å². The third-order valence-electron chi connectivity index (χ3n) is 5.66. The van der Waals surface area contributed by atoms with Crippen molar-refractivity contribution < 1.29 is 43.6 Å². The maximum absolute atomic E-state index is 12.9. The van der Waals surface area contributed by atoms with Crippen molar-refractivity contribution in [1.82, 2.24) is 0 Å². The van der Waals surface area contributed by atoms with Crippen molar-refractivity contribution in [2.45, 2.75) is 71.1 Å². The molecule has 2 rings (SSSR count). The monoisotopic (exact) mass is 436 g/mol. The Morgan fingerprint density at radius 3 is 2.45 bits per heavy atom. The number of Topliss-reactive ketones (excluding diaryl/α,β-unsaturated/α-hetero) is 1. The summed E-state index contributed by atoms with van der Waals surface area (Å²) >= 11 is 0. The molecule has 0 saturated carbocycles. The molecule has 0 radical (unpaired) electrons. The number of hydrogen-bond donors (Lipinski definition) is 2. The van der Waals surface area contributed by atoms with Gasteiger partial charge in [0, 0.05) is 24.5 Å². The second kappa shape index (κ2) is 9.15. The molecule has 170 valence electrons. The highest BCUT2D eigenvalue weighted by atomic mass is 16.6. The van der Waals surface area contributed by atoms with Gasteiger partial charge in [-0.2, -0.15) is 0 Å². The standard InChI is InChI=1S/C22H28O9/c1-7-10(2)20(26)31-18-17-12(4)21(27)30-15(17)8-11(3)14(24)9-16(25)22(6,28)19(18)29-13(5)23/h7-8,14-15,17-19,24,28H,4,9H2,1-3,5-6H3/b10-7-,11-8+/t14-,15-,17+,18+,19+,22-/m1/s1. The summed E-state index contributed by atoms with van der Waals surface area (Å²) in [6.45, 7) is 10.5. The molecule has 9 nitrogen and oxygen atoms in total. The number of ketones is 1. The Morgan fingerprint density at radius 2 is 1.90 bits per heavy atom. The van der Waals surface area contributed by atoms with Gasteiger partial charge in [0.1, 0.15) is 6.10 Å². The molecule has 1 fully saturated rings. The molecule has 31 heavy (non-hydrogen) atoms. The van der Waals surface area contributed by atoms with E-state index in [0.717, 1.165) is 13.8 Å². The lowest BCUT2D eigenvalue weighted by Crippen LogP contribution is -2.59. The second-order valence-corrected chi connectivity index (χ2v) is 7.99. The minimum atomic E-state index is -2.35. The Bertz CT molecular complexity index is 864. The molecule has 0 unspecified atom stereocenters. The predicted molar refractivity (Wildman–Crippen MR) is 107 cm³/mol. The summed E-state index contributed by atoms with van der Waals surface area (Å²) in [4.78, 5) is 49.6. The lowest BCUT2D eigenvalue weighted by molar-refractivity contribution is -0.195. The van der Waals surface area contributed by atoms with Crippen molar-refractivity contribution in [3.05, 3.63) is 35.5 Å². The molecule has 1 heterocycles. The molecule has 1 aliphatic heterocycles. The van der Waals surface area contributed by atoms with Gasteiger partial charge in [-0.15, -0.1) is 0 Å². The Morgan fingerprint density at radius 1 is 1.29 bits per heavy atom. The van der Waals surface area contributed by atoms with E-state index in [1.807, 2.05) is 0 Å². The van der Waals surface area contributed by atoms with Gasteiger partial charge >= 0.3 is 17.9 Å². The number of allylic oxidation sites excluding steroid dienone is 1. The van der Waals surface area contributed by atoms with Crippen molar-refractivity contribution in [3.63, 3.8) is 0 Å². The molecule has 1 saturated heterocycles. The van der Waals surface area contributed by atoms with Gasteiger partial charge in [0.05, 0.1) is 12.0 Å². The smallest absolute Gasteiger partial charge is 0.334 e. The van der Waals surface area contributed by atoms with Crippen molar-refractivity contribution in [2.75, 3.05) is 0 Å². The number of rotatable bonds is 3. The van der Waals surface area contributed by atoms with Gasteiger partial charge in [-0.3, -0.25) is 9.59 Å². The summed E-state index contributed by atoms with van der Waals surface area (Å²) in [5.41, 5.74) is -1.89. The van der Waals surface area contributed by atoms with Crippen LogP contribution in [0.25, 0.3) is 0 Å². The molecule has 2 N–H and O–H groups in total. The number of hydrogen-bond acceptors (Lipinski definition) is 9. The second-order valence-electron chi connectivity index (χ2n) is 7.99. The third-order valence-corrected chi connectivity index (χ3v) is 5.66. The van der Waals surface area contributed by atoms with Crippen LogP contribution in [0.2, 0.25) is 0 Å². The van der Waals surface area contributed by atoms with E-state index >= 15 is 0 Å². The summed E-state index contributed by atoms with van der Waals surface area (Å²) in [7, 11) is 0. The van der Waals surface area contributed by atoms with Crippen LogP contribution in [0.4, 0.5) is 0 Å². The maximum atomic E-state index is 12.9. The van der Waals surface area contributed by atoms with Crippen molar-refractivity contribution in [3.8, 4) is 0 Å². The van der Waals surface area contributed by atoms with Crippen LogP contribution in [0.1, 0.15) is 41.0 Å². The van der Waals surface area contributed by atoms with E-state index in [1.165, 1.54) is 26.0 Å². The quantitative estimate of drug-likeness (QED) is 0.286. The predicted octanol–water partition coefficient (Wildman–Crippen LogP) is 0.925. The first kappa shape index (κ1) is 24.5. The van der Waals surface area contributed by atoms with E-state index in [1.54, 1.807) is 6.92 Å². The zero-order valence-corrected chi connectivity index (χ0v) is 18.2. The maximum Gasteiger partial charge on any atom is 0.334 e. The van der Waals surface area contributed by atoms with Crippen molar-refractivity contribution in [1.29, 1.82) is 0 Å². The van der Waals surface area contributed by atoms with Crippen molar-refractivity contribution >= 4 is 23.7 Å². The fraction of sp³-hybridized carbons (Fsp3) is 0.545. The molecule has 9 heteroatoms. The van der Waals surface area contributed by atoms with Crippen LogP contribution in [0.5, 0.6) is 0 Å². The van der Waals surface area contributed by atoms with Crippen LogP contribution in [0, 0.1) is 5.92 Å². The number of fused-ring (bicyclic) bond motifs is 1. The van der Waals surface area contributed by atoms with Crippen LogP contribution >= 0.6 is 0 Å². The van der Waals surface area contributed by atoms with Crippen LogP contribution in [-0.4, -0.2) is 63.9 Å². The van der Waals surface area contributed by atoms with Gasteiger partial charge in [-0.05, 0) is 39.3 Å². The van der Waals surface area contributed by atoms with E-state index in [0.29, 0.717) is 5.57 Å². The minimum Gasteiger partial charge on any atom is -0.455 e. The molecule has 0 amide bonds. The SMILES string of the molecule is C=C1C(=O)O[C@@H]2/C=C(\C)[C@H](O)CC(=O)[C@@](C)(O)[C@@H](OC(C)=O)[C@@H](OC(=O)/C(C)=C\C)[C@@H]12. The van der Waals surface area contributed by atoms with E-state index in [4.69, 9.17) is 14.2 Å². The van der Waals surface area contributed by atoms with E-state index in [2.05, 4.69) is 6.58 Å². The molecule has 0 aromatic carbocycles. The summed E-state index contributed by atoms with van der Waals surface area (Å²) in [6.07, 6.45) is -3.02. The van der Waals surface area contributed by atoms with Gasteiger partial charge in [0.2, 0.25) is 0 Å². The molecule has 0 aromatic rings. The molecular weight excluding hydrogens is 408 g/mol. The normalized spacial score (nSPS) is 36.1. The first-order valence-electron chi connectivity index (χ1n) is 9.84. The average molecular weight is 436 g/mol. The lowest BCUT2D eigenvalue weighted by atomic mass is 9.77. The highest BCUT2D eigenvalue weighted by Crippen LogP contribution is 2.39. The van der Waals surface area contributed by atoms with Crippen molar-refractivity contribution in [2.24, 2.45) is 5.92 Å². The Labute approximate surface area is 180 Å². The highest BCUT2D eigenvalue weighted by Gasteiger charge is 2.56. The molecular formula is C22H28O9. The number of carbonyl (C=O) groups excluding carboxylic acids is 4. The summed E-state index contributed by atoms with van der Waals surface area (Å²) in [6, 6.07) is 0. The van der Waals surface area contributed by atoms with Crippen LogP contribution in [0.3, 0.4) is 0 Å². The van der Waals surface area contributed by atoms with Gasteiger partial charge < -0.3 is 24.4 Å².